The number of carbonyl (C=O) groups is 3. The molecule has 1 aliphatic heterocycles. The fraction of sp³-hybridized carbons (Fsp3) is 0.400. The number of hydrogen-bond acceptors (Lipinski definition) is 6. The van der Waals surface area contributed by atoms with Gasteiger partial charge in [0, 0.05) is 25.1 Å². The van der Waals surface area contributed by atoms with Gasteiger partial charge in [-0.25, -0.2) is 0 Å². The number of amides is 3. The molecule has 5 rings (SSSR count). The number of phenols is 1. The normalized spacial score (nSPS) is 19.1. The van der Waals surface area contributed by atoms with Crippen molar-refractivity contribution in [3.05, 3.63) is 106 Å². The number of nitro benzene ring substituents is 1. The van der Waals surface area contributed by atoms with E-state index in [2.05, 4.69) is 10.6 Å². The van der Waals surface area contributed by atoms with Crippen LogP contribution in [-0.4, -0.2) is 51.8 Å². The lowest BCUT2D eigenvalue weighted by Crippen LogP contribution is -2.64. The van der Waals surface area contributed by atoms with Gasteiger partial charge >= 0.3 is 0 Å². The monoisotopic (exact) mass is 614 g/mol. The molecule has 1 saturated heterocycles. The summed E-state index contributed by atoms with van der Waals surface area (Å²) in [6, 6.07) is 21.4. The van der Waals surface area contributed by atoms with E-state index in [1.54, 1.807) is 29.2 Å². The molecule has 2 fully saturated rings. The van der Waals surface area contributed by atoms with E-state index in [0.717, 1.165) is 36.0 Å². The standard InChI is InChI=1S/C26H31N3O4.C9H11NO2/c1-18(21-12-14-22(15-13-21)29(32)33)28-24(17-20-10-6-3-7-11-20)25(30)27-23(26(28)31)16-19-8-4-2-5-9-19;11-7-10-6-5-8-1-3-9(12)4-2-8/h2,4-5,8-9,12-15,18,20,23-24H,3,6-7,10-11,16-17H2,1H3,(H,27,30);1-4,7,12H,5-6H2,(H,10,11)/t18?,23-,24-;/m0./s1. The highest BCUT2D eigenvalue weighted by atomic mass is 16.6. The summed E-state index contributed by atoms with van der Waals surface area (Å²) in [5, 5.41) is 25.6. The van der Waals surface area contributed by atoms with Crippen molar-refractivity contribution in [3.63, 3.8) is 0 Å². The molecular weight excluding hydrogens is 572 g/mol. The average Bonchev–Trinajstić information content (AvgIpc) is 3.05. The van der Waals surface area contributed by atoms with E-state index in [-0.39, 0.29) is 29.3 Å². The maximum absolute atomic E-state index is 13.7. The van der Waals surface area contributed by atoms with Gasteiger partial charge in [-0.05, 0) is 54.5 Å². The smallest absolute Gasteiger partial charge is 0.269 e. The fourth-order valence-electron chi connectivity index (χ4n) is 6.17. The Morgan fingerprint density at radius 1 is 0.978 bits per heavy atom. The Kier molecular flexibility index (Phi) is 12.1. The lowest BCUT2D eigenvalue weighted by atomic mass is 9.83. The molecule has 10 heteroatoms. The first kappa shape index (κ1) is 33.2. The first-order chi connectivity index (χ1) is 21.8. The van der Waals surface area contributed by atoms with E-state index in [1.165, 1.54) is 31.4 Å². The summed E-state index contributed by atoms with van der Waals surface area (Å²) >= 11 is 0. The number of hydrogen-bond donors (Lipinski definition) is 3. The van der Waals surface area contributed by atoms with Crippen molar-refractivity contribution in [2.45, 2.75) is 76.4 Å². The predicted molar refractivity (Wildman–Crippen MR) is 171 cm³/mol. The van der Waals surface area contributed by atoms with Gasteiger partial charge in [0.05, 0.1) is 11.0 Å². The zero-order valence-corrected chi connectivity index (χ0v) is 25.6. The molecule has 3 aromatic rings. The fourth-order valence-corrected chi connectivity index (χ4v) is 6.17. The van der Waals surface area contributed by atoms with Crippen molar-refractivity contribution < 1.29 is 24.4 Å². The minimum atomic E-state index is -0.622. The number of phenolic OH excluding ortho intramolecular Hbond substituents is 1. The molecule has 1 saturated carbocycles. The molecule has 238 valence electrons. The molecule has 3 aromatic carbocycles. The number of piperazine rings is 1. The van der Waals surface area contributed by atoms with Crippen molar-refractivity contribution in [3.8, 4) is 5.75 Å². The molecule has 2 aliphatic rings. The van der Waals surface area contributed by atoms with Crippen LogP contribution in [0.1, 0.15) is 68.2 Å². The minimum absolute atomic E-state index is 0.00868. The molecule has 1 heterocycles. The Morgan fingerprint density at radius 2 is 1.64 bits per heavy atom. The van der Waals surface area contributed by atoms with Crippen LogP contribution in [0.25, 0.3) is 0 Å². The molecule has 10 nitrogen and oxygen atoms in total. The molecule has 3 N–H and O–H groups in total. The maximum atomic E-state index is 13.7. The number of rotatable bonds is 11. The molecule has 3 amide bonds. The second-order valence-electron chi connectivity index (χ2n) is 11.8. The van der Waals surface area contributed by atoms with Gasteiger partial charge in [-0.3, -0.25) is 24.5 Å². The van der Waals surface area contributed by atoms with Crippen LogP contribution < -0.4 is 10.6 Å². The molecule has 0 spiro atoms. The first-order valence-corrected chi connectivity index (χ1v) is 15.6. The van der Waals surface area contributed by atoms with Gasteiger partial charge in [0.25, 0.3) is 5.69 Å². The van der Waals surface area contributed by atoms with E-state index in [1.807, 2.05) is 49.4 Å². The van der Waals surface area contributed by atoms with Crippen LogP contribution in [0.4, 0.5) is 5.69 Å². The van der Waals surface area contributed by atoms with Crippen molar-refractivity contribution in [2.75, 3.05) is 6.54 Å². The largest absolute Gasteiger partial charge is 0.508 e. The molecule has 1 unspecified atom stereocenters. The van der Waals surface area contributed by atoms with Crippen molar-refractivity contribution in [2.24, 2.45) is 5.92 Å². The number of non-ortho nitro benzene ring substituents is 1. The summed E-state index contributed by atoms with van der Waals surface area (Å²) in [5.74, 6) is 0.501. The third kappa shape index (κ3) is 9.38. The lowest BCUT2D eigenvalue weighted by molar-refractivity contribution is -0.384. The molecule has 0 radical (unpaired) electrons. The van der Waals surface area contributed by atoms with Crippen LogP contribution in [0, 0.1) is 16.0 Å². The molecular formula is C35H42N4O6. The van der Waals surface area contributed by atoms with E-state index in [9.17, 15) is 24.5 Å². The molecule has 1 aliphatic carbocycles. The third-order valence-corrected chi connectivity index (χ3v) is 8.65. The molecule has 3 atom stereocenters. The summed E-state index contributed by atoms with van der Waals surface area (Å²) in [6.45, 7) is 2.54. The number of benzene rings is 3. The minimum Gasteiger partial charge on any atom is -0.508 e. The molecule has 0 bridgehead atoms. The van der Waals surface area contributed by atoms with E-state index in [4.69, 9.17) is 5.11 Å². The summed E-state index contributed by atoms with van der Waals surface area (Å²) in [4.78, 5) is 49.3. The summed E-state index contributed by atoms with van der Waals surface area (Å²) in [5.41, 5.74) is 2.89. The van der Waals surface area contributed by atoms with Gasteiger partial charge in [-0.2, -0.15) is 0 Å². The molecule has 45 heavy (non-hydrogen) atoms. The number of aromatic hydroxyl groups is 1. The number of nitrogens with one attached hydrogen (secondary N) is 2. The van der Waals surface area contributed by atoms with Gasteiger partial charge in [0.15, 0.2) is 0 Å². The third-order valence-electron chi connectivity index (χ3n) is 8.65. The van der Waals surface area contributed by atoms with Crippen LogP contribution in [0.3, 0.4) is 0 Å². The zero-order chi connectivity index (χ0) is 32.2. The highest BCUT2D eigenvalue weighted by Gasteiger charge is 2.43. The quantitative estimate of drug-likeness (QED) is 0.117. The number of nitro groups is 1. The second-order valence-corrected chi connectivity index (χ2v) is 11.8. The van der Waals surface area contributed by atoms with E-state index >= 15 is 0 Å². The summed E-state index contributed by atoms with van der Waals surface area (Å²) < 4.78 is 0. The Hall–Kier alpha value is -4.73. The van der Waals surface area contributed by atoms with Crippen molar-refractivity contribution >= 4 is 23.9 Å². The van der Waals surface area contributed by atoms with Crippen molar-refractivity contribution in [1.29, 1.82) is 0 Å². The highest BCUT2D eigenvalue weighted by Crippen LogP contribution is 2.34. The predicted octanol–water partition coefficient (Wildman–Crippen LogP) is 5.25. The second kappa shape index (κ2) is 16.4. The van der Waals surface area contributed by atoms with E-state index in [0.29, 0.717) is 31.7 Å². The highest BCUT2D eigenvalue weighted by molar-refractivity contribution is 5.97. The van der Waals surface area contributed by atoms with Gasteiger partial charge in [-0.15, -0.1) is 0 Å². The Bertz CT molecular complexity index is 1410. The van der Waals surface area contributed by atoms with Gasteiger partial charge in [0.1, 0.15) is 17.8 Å². The Balaban J connectivity index is 0.000000323. The average molecular weight is 615 g/mol. The van der Waals surface area contributed by atoms with E-state index < -0.39 is 17.0 Å². The first-order valence-electron chi connectivity index (χ1n) is 15.6. The number of carbonyl (C=O) groups excluding carboxylic acids is 3. The maximum Gasteiger partial charge on any atom is 0.269 e. The van der Waals surface area contributed by atoms with Crippen LogP contribution in [0.5, 0.6) is 5.75 Å². The summed E-state index contributed by atoms with van der Waals surface area (Å²) in [7, 11) is 0. The van der Waals surface area contributed by atoms with Crippen LogP contribution >= 0.6 is 0 Å². The van der Waals surface area contributed by atoms with Gasteiger partial charge < -0.3 is 20.6 Å². The van der Waals surface area contributed by atoms with Gasteiger partial charge in [-0.1, -0.05) is 86.7 Å². The topological polar surface area (TPSA) is 142 Å². The Labute approximate surface area is 264 Å². The summed E-state index contributed by atoms with van der Waals surface area (Å²) in [6.07, 6.45) is 8.31. The Morgan fingerprint density at radius 3 is 2.27 bits per heavy atom. The lowest BCUT2D eigenvalue weighted by Gasteiger charge is -2.44. The van der Waals surface area contributed by atoms with Crippen molar-refractivity contribution in [1.82, 2.24) is 15.5 Å². The van der Waals surface area contributed by atoms with Gasteiger partial charge in [0.2, 0.25) is 18.2 Å². The van der Waals surface area contributed by atoms with Crippen LogP contribution in [0.2, 0.25) is 0 Å². The SMILES string of the molecule is CC(c1ccc([N+](=O)[O-])cc1)N1C(=O)[C@H](Cc2ccccc2)NC(=O)[C@@H]1CC1CCCCC1.O=CNCCc1ccc(O)cc1. The van der Waals surface area contributed by atoms with Crippen LogP contribution in [0.15, 0.2) is 78.9 Å². The van der Waals surface area contributed by atoms with Crippen LogP contribution in [-0.2, 0) is 27.2 Å². The zero-order valence-electron chi connectivity index (χ0n) is 25.6. The number of nitrogens with zero attached hydrogens (tertiary/aromatic N) is 2. The molecule has 0 aromatic heterocycles.